The van der Waals surface area contributed by atoms with E-state index in [2.05, 4.69) is 0 Å². The molecule has 0 saturated heterocycles. The number of benzene rings is 2. The molecular weight excluding hydrogens is 273 g/mol. The van der Waals surface area contributed by atoms with E-state index < -0.39 is 16.5 Å². The van der Waals surface area contributed by atoms with E-state index in [9.17, 15) is 19.3 Å². The lowest BCUT2D eigenvalue weighted by Crippen LogP contribution is -1.98. The maximum atomic E-state index is 13.4. The molecule has 0 aliphatic rings. The molecule has 2 rings (SSSR count). The van der Waals surface area contributed by atoms with Gasteiger partial charge in [-0.1, -0.05) is 30.3 Å². The van der Waals surface area contributed by atoms with Crippen LogP contribution in [0.4, 0.5) is 10.1 Å². The number of aryl methyl sites for hydroxylation is 1. The Hall–Kier alpha value is -2.82. The molecule has 21 heavy (non-hydrogen) atoms. The summed E-state index contributed by atoms with van der Waals surface area (Å²) >= 11 is 0. The lowest BCUT2D eigenvalue weighted by Gasteiger charge is -2.00. The third-order valence-electron chi connectivity index (χ3n) is 3.01. The maximum absolute atomic E-state index is 13.4. The third-order valence-corrected chi connectivity index (χ3v) is 3.01. The van der Waals surface area contributed by atoms with Gasteiger partial charge in [-0.3, -0.25) is 14.9 Å². The quantitative estimate of drug-likeness (QED) is 0.370. The number of nitrogens with zero attached hydrogens (tertiary/aromatic N) is 1. The zero-order valence-electron chi connectivity index (χ0n) is 11.2. The van der Waals surface area contributed by atoms with Crippen LogP contribution in [0.2, 0.25) is 0 Å². The highest BCUT2D eigenvalue weighted by molar-refractivity contribution is 6.07. The molecule has 0 amide bonds. The summed E-state index contributed by atoms with van der Waals surface area (Å²) in [5.74, 6) is -0.849. The summed E-state index contributed by atoms with van der Waals surface area (Å²) in [4.78, 5) is 22.3. The van der Waals surface area contributed by atoms with Crippen molar-refractivity contribution < 1.29 is 14.1 Å². The average Bonchev–Trinajstić information content (AvgIpc) is 2.46. The van der Waals surface area contributed by atoms with Gasteiger partial charge in [0.2, 0.25) is 0 Å². The number of hydrogen-bond donors (Lipinski definition) is 0. The van der Waals surface area contributed by atoms with Crippen LogP contribution in [0.15, 0.2) is 48.5 Å². The van der Waals surface area contributed by atoms with Crippen LogP contribution in [0.5, 0.6) is 0 Å². The number of allylic oxidation sites excluding steroid dienone is 1. The number of rotatable bonds is 4. The maximum Gasteiger partial charge on any atom is 0.273 e. The monoisotopic (exact) mass is 285 g/mol. The van der Waals surface area contributed by atoms with Gasteiger partial charge in [-0.15, -0.1) is 0 Å². The SMILES string of the molecule is Cc1ccc(C(=O)/C=C/c2ccccc2F)cc1[N+](=O)[O-]. The number of carbonyl (C=O) groups is 1. The van der Waals surface area contributed by atoms with Crippen molar-refractivity contribution >= 4 is 17.5 Å². The molecule has 0 aliphatic carbocycles. The first kappa shape index (κ1) is 14.6. The summed E-state index contributed by atoms with van der Waals surface area (Å²) in [5, 5.41) is 10.8. The molecule has 106 valence electrons. The Morgan fingerprint density at radius 1 is 1.24 bits per heavy atom. The van der Waals surface area contributed by atoms with E-state index in [1.54, 1.807) is 19.1 Å². The van der Waals surface area contributed by atoms with E-state index in [0.29, 0.717) is 5.56 Å². The van der Waals surface area contributed by atoms with E-state index in [0.717, 1.165) is 0 Å². The molecule has 4 nitrogen and oxygen atoms in total. The van der Waals surface area contributed by atoms with Crippen molar-refractivity contribution in [1.29, 1.82) is 0 Å². The first-order valence-electron chi connectivity index (χ1n) is 6.21. The van der Waals surface area contributed by atoms with Crippen LogP contribution < -0.4 is 0 Å². The van der Waals surface area contributed by atoms with Crippen LogP contribution >= 0.6 is 0 Å². The van der Waals surface area contributed by atoms with E-state index in [4.69, 9.17) is 0 Å². The van der Waals surface area contributed by atoms with Crippen LogP contribution in [0.25, 0.3) is 6.08 Å². The molecule has 0 saturated carbocycles. The number of carbonyl (C=O) groups excluding carboxylic acids is 1. The van der Waals surface area contributed by atoms with Gasteiger partial charge in [0.1, 0.15) is 5.82 Å². The molecule has 0 fully saturated rings. The molecule has 0 unspecified atom stereocenters. The van der Waals surface area contributed by atoms with Crippen LogP contribution in [0, 0.1) is 22.9 Å². The van der Waals surface area contributed by atoms with Crippen LogP contribution in [-0.4, -0.2) is 10.7 Å². The zero-order chi connectivity index (χ0) is 15.4. The van der Waals surface area contributed by atoms with Crippen LogP contribution in [0.3, 0.4) is 0 Å². The number of ketones is 1. The molecule has 0 aliphatic heterocycles. The molecule has 0 aromatic heterocycles. The van der Waals surface area contributed by atoms with Crippen LogP contribution in [0.1, 0.15) is 21.5 Å². The third kappa shape index (κ3) is 3.39. The Labute approximate surface area is 120 Å². The average molecular weight is 285 g/mol. The Morgan fingerprint density at radius 3 is 2.62 bits per heavy atom. The van der Waals surface area contributed by atoms with Gasteiger partial charge in [-0.05, 0) is 25.1 Å². The summed E-state index contributed by atoms with van der Waals surface area (Å²) in [6, 6.07) is 10.3. The predicted molar refractivity (Wildman–Crippen MR) is 77.6 cm³/mol. The van der Waals surface area contributed by atoms with Crippen molar-refractivity contribution in [3.63, 3.8) is 0 Å². The van der Waals surface area contributed by atoms with Gasteiger partial charge in [0.15, 0.2) is 5.78 Å². The fraction of sp³-hybridized carbons (Fsp3) is 0.0625. The summed E-state index contributed by atoms with van der Waals surface area (Å²) in [6.07, 6.45) is 2.55. The van der Waals surface area contributed by atoms with Gasteiger partial charge in [0.05, 0.1) is 4.92 Å². The van der Waals surface area contributed by atoms with Crippen molar-refractivity contribution in [2.24, 2.45) is 0 Å². The summed E-state index contributed by atoms with van der Waals surface area (Å²) in [5.41, 5.74) is 0.849. The minimum absolute atomic E-state index is 0.111. The largest absolute Gasteiger partial charge is 0.289 e. The predicted octanol–water partition coefficient (Wildman–Crippen LogP) is 3.94. The van der Waals surface area contributed by atoms with E-state index >= 15 is 0 Å². The van der Waals surface area contributed by atoms with Gasteiger partial charge in [0, 0.05) is 22.8 Å². The normalized spacial score (nSPS) is 10.8. The molecule has 0 N–H and O–H groups in total. The second kappa shape index (κ2) is 6.09. The fourth-order valence-corrected chi connectivity index (χ4v) is 1.83. The summed E-state index contributed by atoms with van der Waals surface area (Å²) < 4.78 is 13.4. The van der Waals surface area contributed by atoms with Crippen molar-refractivity contribution in [2.45, 2.75) is 6.92 Å². The first-order chi connectivity index (χ1) is 9.99. The Morgan fingerprint density at radius 2 is 1.95 bits per heavy atom. The summed E-state index contributed by atoms with van der Waals surface area (Å²) in [7, 11) is 0. The minimum atomic E-state index is -0.535. The molecule has 2 aromatic carbocycles. The van der Waals surface area contributed by atoms with E-state index in [-0.39, 0.29) is 16.8 Å². The molecule has 0 radical (unpaired) electrons. The Kier molecular flexibility index (Phi) is 4.23. The van der Waals surface area contributed by atoms with E-state index in [1.165, 1.54) is 42.5 Å². The zero-order valence-corrected chi connectivity index (χ0v) is 11.2. The number of nitro groups is 1. The lowest BCUT2D eigenvalue weighted by atomic mass is 10.1. The fourth-order valence-electron chi connectivity index (χ4n) is 1.83. The lowest BCUT2D eigenvalue weighted by molar-refractivity contribution is -0.385. The molecule has 5 heteroatoms. The summed E-state index contributed by atoms with van der Waals surface area (Å²) in [6.45, 7) is 1.60. The minimum Gasteiger partial charge on any atom is -0.289 e. The van der Waals surface area contributed by atoms with Crippen LogP contribution in [-0.2, 0) is 0 Å². The molecule has 0 spiro atoms. The highest BCUT2D eigenvalue weighted by Gasteiger charge is 2.13. The second-order valence-corrected chi connectivity index (χ2v) is 4.48. The Balaban J connectivity index is 2.27. The number of halogens is 1. The second-order valence-electron chi connectivity index (χ2n) is 4.48. The van der Waals surface area contributed by atoms with Gasteiger partial charge in [0.25, 0.3) is 5.69 Å². The van der Waals surface area contributed by atoms with Gasteiger partial charge in [-0.2, -0.15) is 0 Å². The molecule has 0 heterocycles. The topological polar surface area (TPSA) is 60.2 Å². The first-order valence-corrected chi connectivity index (χ1v) is 6.21. The van der Waals surface area contributed by atoms with Crippen molar-refractivity contribution in [3.05, 3.63) is 81.2 Å². The molecule has 0 atom stereocenters. The van der Waals surface area contributed by atoms with Gasteiger partial charge < -0.3 is 0 Å². The van der Waals surface area contributed by atoms with Crippen molar-refractivity contribution in [2.75, 3.05) is 0 Å². The highest BCUT2D eigenvalue weighted by Crippen LogP contribution is 2.20. The number of nitro benzene ring substituents is 1. The Bertz CT molecular complexity index is 738. The smallest absolute Gasteiger partial charge is 0.273 e. The standard InChI is InChI=1S/C16H12FNO3/c1-11-6-7-13(10-15(11)18(20)21)16(19)9-8-12-4-2-3-5-14(12)17/h2-10H,1H3/b9-8+. The molecule has 2 aromatic rings. The van der Waals surface area contributed by atoms with Crippen molar-refractivity contribution in [1.82, 2.24) is 0 Å². The van der Waals surface area contributed by atoms with Crippen molar-refractivity contribution in [3.8, 4) is 0 Å². The van der Waals surface area contributed by atoms with Gasteiger partial charge >= 0.3 is 0 Å². The van der Waals surface area contributed by atoms with E-state index in [1.807, 2.05) is 0 Å². The number of hydrogen-bond acceptors (Lipinski definition) is 3. The highest BCUT2D eigenvalue weighted by atomic mass is 19.1. The molecular formula is C16H12FNO3. The van der Waals surface area contributed by atoms with Gasteiger partial charge in [-0.25, -0.2) is 4.39 Å². The molecule has 0 bridgehead atoms.